The molecule has 0 bridgehead atoms. The van der Waals surface area contributed by atoms with E-state index in [1.807, 2.05) is 0 Å². The lowest BCUT2D eigenvalue weighted by Crippen LogP contribution is -2.19. The number of halogens is 2. The van der Waals surface area contributed by atoms with Crippen LogP contribution in [0, 0.1) is 6.92 Å². The predicted octanol–water partition coefficient (Wildman–Crippen LogP) is 2.53. The first-order valence-corrected chi connectivity index (χ1v) is 5.37. The molecule has 0 saturated carbocycles. The number of hydrogen-bond acceptors (Lipinski definition) is 4. The molecular formula is C9H10Cl2N2O2. The van der Waals surface area contributed by atoms with E-state index >= 15 is 0 Å². The van der Waals surface area contributed by atoms with E-state index in [4.69, 9.17) is 32.7 Å². The zero-order valence-corrected chi connectivity index (χ0v) is 9.68. The van der Waals surface area contributed by atoms with Crippen LogP contribution in [0.25, 0.3) is 0 Å². The molecule has 82 valence electrons. The number of rotatable bonds is 1. The smallest absolute Gasteiger partial charge is 0.189 e. The van der Waals surface area contributed by atoms with E-state index in [0.717, 1.165) is 6.42 Å². The number of aryl methyl sites for hydroxylation is 1. The zero-order valence-electron chi connectivity index (χ0n) is 8.17. The van der Waals surface area contributed by atoms with Gasteiger partial charge in [0.1, 0.15) is 16.1 Å². The Hall–Kier alpha value is -0.420. The summed E-state index contributed by atoms with van der Waals surface area (Å²) in [6, 6.07) is 0. The minimum absolute atomic E-state index is 0.291. The average molecular weight is 249 g/mol. The van der Waals surface area contributed by atoms with Crippen molar-refractivity contribution < 1.29 is 9.47 Å². The largest absolute Gasteiger partial charge is 0.348 e. The van der Waals surface area contributed by atoms with Crippen molar-refractivity contribution in [2.75, 3.05) is 13.2 Å². The average Bonchev–Trinajstić information content (AvgIpc) is 2.17. The fourth-order valence-corrected chi connectivity index (χ4v) is 2.01. The van der Waals surface area contributed by atoms with Crippen molar-refractivity contribution in [2.45, 2.75) is 19.6 Å². The van der Waals surface area contributed by atoms with Gasteiger partial charge < -0.3 is 9.47 Å². The molecule has 1 fully saturated rings. The van der Waals surface area contributed by atoms with Crippen molar-refractivity contribution in [3.8, 4) is 0 Å². The summed E-state index contributed by atoms with van der Waals surface area (Å²) in [6.45, 7) is 2.99. The first kappa shape index (κ1) is 11.1. The van der Waals surface area contributed by atoms with E-state index in [9.17, 15) is 0 Å². The Balaban J connectivity index is 2.33. The van der Waals surface area contributed by atoms with Crippen LogP contribution in [0.5, 0.6) is 0 Å². The van der Waals surface area contributed by atoms with Gasteiger partial charge in [-0.2, -0.15) is 0 Å². The number of ether oxygens (including phenoxy) is 2. The molecule has 0 radical (unpaired) electrons. The molecule has 2 rings (SSSR count). The molecule has 1 aromatic heterocycles. The summed E-state index contributed by atoms with van der Waals surface area (Å²) in [7, 11) is 0. The molecule has 2 heterocycles. The zero-order chi connectivity index (χ0) is 10.8. The summed E-state index contributed by atoms with van der Waals surface area (Å²) in [5, 5.41) is 0.582. The van der Waals surface area contributed by atoms with Gasteiger partial charge in [-0.05, 0) is 13.3 Å². The summed E-state index contributed by atoms with van der Waals surface area (Å²) in [5.41, 5.74) is 0.517. The second kappa shape index (κ2) is 4.61. The molecular weight excluding hydrogens is 239 g/mol. The Morgan fingerprint density at radius 1 is 1.13 bits per heavy atom. The molecule has 0 unspecified atom stereocenters. The van der Waals surface area contributed by atoms with Crippen molar-refractivity contribution in [3.05, 3.63) is 21.7 Å². The van der Waals surface area contributed by atoms with Gasteiger partial charge in [0.2, 0.25) is 0 Å². The van der Waals surface area contributed by atoms with Crippen molar-refractivity contribution in [1.29, 1.82) is 0 Å². The van der Waals surface area contributed by atoms with Gasteiger partial charge in [0.15, 0.2) is 6.29 Å². The van der Waals surface area contributed by atoms with Crippen LogP contribution in [0.1, 0.15) is 24.1 Å². The maximum Gasteiger partial charge on any atom is 0.189 e. The molecule has 6 heteroatoms. The minimum atomic E-state index is -0.542. The third-order valence-electron chi connectivity index (χ3n) is 2.03. The molecule has 0 aromatic carbocycles. The Kier molecular flexibility index (Phi) is 3.41. The van der Waals surface area contributed by atoms with Crippen molar-refractivity contribution >= 4 is 23.2 Å². The number of hydrogen-bond donors (Lipinski definition) is 0. The lowest BCUT2D eigenvalue weighted by Gasteiger charge is -2.24. The molecule has 0 spiro atoms. The van der Waals surface area contributed by atoms with Gasteiger partial charge in [-0.3, -0.25) is 0 Å². The fraction of sp³-hybridized carbons (Fsp3) is 0.556. The molecule has 0 N–H and O–H groups in total. The Bertz CT molecular complexity index is 344. The lowest BCUT2D eigenvalue weighted by molar-refractivity contribution is -0.183. The second-order valence-corrected chi connectivity index (χ2v) is 3.91. The summed E-state index contributed by atoms with van der Waals surface area (Å²) in [5.74, 6) is 0.532. The molecule has 1 aliphatic rings. The third-order valence-corrected chi connectivity index (χ3v) is 2.60. The molecule has 0 amide bonds. The SMILES string of the molecule is Cc1nc(Cl)c(C2OCCCO2)c(Cl)n1. The van der Waals surface area contributed by atoms with Crippen LogP contribution in [-0.4, -0.2) is 23.2 Å². The normalized spacial score (nSPS) is 18.1. The van der Waals surface area contributed by atoms with Crippen LogP contribution in [0.2, 0.25) is 10.3 Å². The first-order valence-electron chi connectivity index (χ1n) is 4.61. The fourth-order valence-electron chi connectivity index (χ4n) is 1.36. The highest BCUT2D eigenvalue weighted by molar-refractivity contribution is 6.34. The first-order chi connectivity index (χ1) is 7.18. The van der Waals surface area contributed by atoms with Gasteiger partial charge in [-0.15, -0.1) is 0 Å². The van der Waals surface area contributed by atoms with E-state index in [2.05, 4.69) is 9.97 Å². The topological polar surface area (TPSA) is 44.2 Å². The van der Waals surface area contributed by atoms with Crippen LogP contribution < -0.4 is 0 Å². The third kappa shape index (κ3) is 2.39. The molecule has 0 atom stereocenters. The van der Waals surface area contributed by atoms with Gasteiger partial charge in [0, 0.05) is 0 Å². The van der Waals surface area contributed by atoms with Crippen LogP contribution in [0.15, 0.2) is 0 Å². The maximum absolute atomic E-state index is 5.97. The molecule has 4 nitrogen and oxygen atoms in total. The highest BCUT2D eigenvalue weighted by Gasteiger charge is 2.24. The van der Waals surface area contributed by atoms with Crippen LogP contribution in [-0.2, 0) is 9.47 Å². The van der Waals surface area contributed by atoms with Crippen LogP contribution in [0.4, 0.5) is 0 Å². The minimum Gasteiger partial charge on any atom is -0.348 e. The van der Waals surface area contributed by atoms with E-state index in [-0.39, 0.29) is 0 Å². The molecule has 1 saturated heterocycles. The van der Waals surface area contributed by atoms with E-state index in [0.29, 0.717) is 34.9 Å². The predicted molar refractivity (Wildman–Crippen MR) is 56.1 cm³/mol. The van der Waals surface area contributed by atoms with E-state index in [1.165, 1.54) is 0 Å². The van der Waals surface area contributed by atoms with Crippen molar-refractivity contribution in [2.24, 2.45) is 0 Å². The lowest BCUT2D eigenvalue weighted by atomic mass is 10.3. The highest BCUT2D eigenvalue weighted by Crippen LogP contribution is 2.32. The van der Waals surface area contributed by atoms with Gasteiger partial charge in [0.25, 0.3) is 0 Å². The highest BCUT2D eigenvalue weighted by atomic mass is 35.5. The van der Waals surface area contributed by atoms with Crippen molar-refractivity contribution in [3.63, 3.8) is 0 Å². The standard InChI is InChI=1S/C9H10Cl2N2O2/c1-5-12-7(10)6(8(11)13-5)9-14-3-2-4-15-9/h9H,2-4H2,1H3. The van der Waals surface area contributed by atoms with Crippen LogP contribution in [0.3, 0.4) is 0 Å². The molecule has 0 aliphatic carbocycles. The van der Waals surface area contributed by atoms with Gasteiger partial charge in [0.05, 0.1) is 18.8 Å². The second-order valence-electron chi connectivity index (χ2n) is 3.19. The summed E-state index contributed by atoms with van der Waals surface area (Å²) >= 11 is 11.9. The number of aromatic nitrogens is 2. The Morgan fingerprint density at radius 3 is 2.20 bits per heavy atom. The monoisotopic (exact) mass is 248 g/mol. The van der Waals surface area contributed by atoms with Crippen molar-refractivity contribution in [1.82, 2.24) is 9.97 Å². The molecule has 15 heavy (non-hydrogen) atoms. The van der Waals surface area contributed by atoms with E-state index in [1.54, 1.807) is 6.92 Å². The molecule has 1 aliphatic heterocycles. The maximum atomic E-state index is 5.97. The Labute approximate surface area is 97.5 Å². The van der Waals surface area contributed by atoms with Gasteiger partial charge >= 0.3 is 0 Å². The van der Waals surface area contributed by atoms with Gasteiger partial charge in [-0.1, -0.05) is 23.2 Å². The molecule has 1 aromatic rings. The Morgan fingerprint density at radius 2 is 1.67 bits per heavy atom. The van der Waals surface area contributed by atoms with E-state index < -0.39 is 6.29 Å². The summed E-state index contributed by atoms with van der Waals surface area (Å²) < 4.78 is 10.8. The summed E-state index contributed by atoms with van der Waals surface area (Å²) in [4.78, 5) is 8.04. The summed E-state index contributed by atoms with van der Waals surface area (Å²) in [6.07, 6.45) is 0.331. The quantitative estimate of drug-likeness (QED) is 0.717. The number of nitrogens with zero attached hydrogens (tertiary/aromatic N) is 2. The van der Waals surface area contributed by atoms with Crippen LogP contribution >= 0.6 is 23.2 Å². The van der Waals surface area contributed by atoms with Gasteiger partial charge in [-0.25, -0.2) is 9.97 Å².